The molecule has 0 amide bonds. The van der Waals surface area contributed by atoms with Crippen molar-refractivity contribution in [1.82, 2.24) is 0 Å². The number of hydrogen-bond donors (Lipinski definition) is 0. The molecular formula is C8H9NO2. The van der Waals surface area contributed by atoms with E-state index in [1.165, 1.54) is 0 Å². The standard InChI is InChI=1S/C8H9NO2/c9-5-2-1-3-7-4-6-11-8(7)10/h4H,1-3,6H2. The average molecular weight is 151 g/mol. The fourth-order valence-corrected chi connectivity index (χ4v) is 0.956. The van der Waals surface area contributed by atoms with Crippen LogP contribution in [0.15, 0.2) is 11.6 Å². The molecule has 0 spiro atoms. The number of hydrogen-bond acceptors (Lipinski definition) is 3. The summed E-state index contributed by atoms with van der Waals surface area (Å²) in [5.41, 5.74) is 0.722. The van der Waals surface area contributed by atoms with Crippen LogP contribution in [-0.2, 0) is 9.53 Å². The molecule has 0 radical (unpaired) electrons. The predicted molar refractivity (Wildman–Crippen MR) is 38.5 cm³/mol. The number of ether oxygens (including phenoxy) is 1. The van der Waals surface area contributed by atoms with Gasteiger partial charge in [-0.3, -0.25) is 0 Å². The first-order valence-electron chi connectivity index (χ1n) is 3.57. The van der Waals surface area contributed by atoms with Crippen molar-refractivity contribution in [3.63, 3.8) is 0 Å². The average Bonchev–Trinajstić information content (AvgIpc) is 2.37. The molecule has 1 rings (SSSR count). The molecule has 0 saturated carbocycles. The van der Waals surface area contributed by atoms with Gasteiger partial charge in [0.2, 0.25) is 0 Å². The van der Waals surface area contributed by atoms with Gasteiger partial charge in [0.1, 0.15) is 6.61 Å². The molecule has 0 aliphatic carbocycles. The zero-order valence-corrected chi connectivity index (χ0v) is 6.17. The molecule has 58 valence electrons. The topological polar surface area (TPSA) is 50.1 Å². The third kappa shape index (κ3) is 2.08. The normalized spacial score (nSPS) is 15.5. The molecule has 0 saturated heterocycles. The summed E-state index contributed by atoms with van der Waals surface area (Å²) in [4.78, 5) is 10.8. The minimum Gasteiger partial charge on any atom is -0.458 e. The van der Waals surface area contributed by atoms with Crippen molar-refractivity contribution in [2.45, 2.75) is 19.3 Å². The molecular weight excluding hydrogens is 142 g/mol. The van der Waals surface area contributed by atoms with E-state index in [2.05, 4.69) is 4.74 Å². The Morgan fingerprint density at radius 2 is 2.55 bits per heavy atom. The van der Waals surface area contributed by atoms with Gasteiger partial charge in [0.05, 0.1) is 6.07 Å². The number of carbonyl (C=O) groups excluding carboxylic acids is 1. The van der Waals surface area contributed by atoms with Crippen LogP contribution in [0.1, 0.15) is 19.3 Å². The van der Waals surface area contributed by atoms with Crippen molar-refractivity contribution in [3.8, 4) is 6.07 Å². The van der Waals surface area contributed by atoms with Gasteiger partial charge >= 0.3 is 5.97 Å². The van der Waals surface area contributed by atoms with Crippen molar-refractivity contribution in [1.29, 1.82) is 5.26 Å². The van der Waals surface area contributed by atoms with Crippen molar-refractivity contribution in [2.75, 3.05) is 6.61 Å². The lowest BCUT2D eigenvalue weighted by atomic mass is 10.1. The Morgan fingerprint density at radius 1 is 1.73 bits per heavy atom. The Balaban J connectivity index is 2.27. The number of carbonyl (C=O) groups is 1. The van der Waals surface area contributed by atoms with E-state index in [9.17, 15) is 4.79 Å². The second kappa shape index (κ2) is 3.77. The molecule has 0 aromatic heterocycles. The number of esters is 1. The van der Waals surface area contributed by atoms with Gasteiger partial charge in [-0.15, -0.1) is 0 Å². The maximum atomic E-state index is 10.8. The Kier molecular flexibility index (Phi) is 2.67. The van der Waals surface area contributed by atoms with Gasteiger partial charge in [0, 0.05) is 12.0 Å². The van der Waals surface area contributed by atoms with Crippen LogP contribution < -0.4 is 0 Å². The van der Waals surface area contributed by atoms with Crippen molar-refractivity contribution in [2.24, 2.45) is 0 Å². The lowest BCUT2D eigenvalue weighted by molar-refractivity contribution is -0.136. The molecule has 0 fully saturated rings. The van der Waals surface area contributed by atoms with Gasteiger partial charge in [0.25, 0.3) is 0 Å². The molecule has 1 heterocycles. The van der Waals surface area contributed by atoms with Gasteiger partial charge < -0.3 is 4.74 Å². The molecule has 3 heteroatoms. The molecule has 1 aliphatic heterocycles. The second-order valence-electron chi connectivity index (χ2n) is 2.34. The Hall–Kier alpha value is -1.30. The fraction of sp³-hybridized carbons (Fsp3) is 0.500. The number of cyclic esters (lactones) is 1. The lowest BCUT2D eigenvalue weighted by Crippen LogP contribution is -1.98. The number of unbranched alkanes of at least 4 members (excludes halogenated alkanes) is 1. The van der Waals surface area contributed by atoms with Crippen molar-refractivity contribution < 1.29 is 9.53 Å². The van der Waals surface area contributed by atoms with Crippen LogP contribution in [0.25, 0.3) is 0 Å². The largest absolute Gasteiger partial charge is 0.458 e. The summed E-state index contributed by atoms with van der Waals surface area (Å²) in [5.74, 6) is -0.220. The SMILES string of the molecule is N#CCCCC1=CCOC1=O. The van der Waals surface area contributed by atoms with E-state index in [-0.39, 0.29) is 5.97 Å². The molecule has 0 bridgehead atoms. The van der Waals surface area contributed by atoms with E-state index < -0.39 is 0 Å². The zero-order chi connectivity index (χ0) is 8.10. The molecule has 3 nitrogen and oxygen atoms in total. The van der Waals surface area contributed by atoms with Crippen molar-refractivity contribution in [3.05, 3.63) is 11.6 Å². The van der Waals surface area contributed by atoms with E-state index in [0.29, 0.717) is 19.4 Å². The fourth-order valence-electron chi connectivity index (χ4n) is 0.956. The maximum absolute atomic E-state index is 10.8. The summed E-state index contributed by atoms with van der Waals surface area (Å²) in [6.07, 6.45) is 3.70. The quantitative estimate of drug-likeness (QED) is 0.449. The molecule has 0 aromatic rings. The highest BCUT2D eigenvalue weighted by molar-refractivity contribution is 5.90. The predicted octanol–water partition coefficient (Wildman–Crippen LogP) is 1.16. The van der Waals surface area contributed by atoms with Crippen LogP contribution in [0.3, 0.4) is 0 Å². The maximum Gasteiger partial charge on any atom is 0.334 e. The Bertz CT molecular complexity index is 225. The van der Waals surface area contributed by atoms with E-state index in [1.54, 1.807) is 6.08 Å². The summed E-state index contributed by atoms with van der Waals surface area (Å²) >= 11 is 0. The van der Waals surface area contributed by atoms with E-state index in [0.717, 1.165) is 12.0 Å². The Labute approximate surface area is 65.3 Å². The van der Waals surface area contributed by atoms with Crippen molar-refractivity contribution >= 4 is 5.97 Å². The highest BCUT2D eigenvalue weighted by atomic mass is 16.5. The van der Waals surface area contributed by atoms with Gasteiger partial charge in [0.15, 0.2) is 0 Å². The van der Waals surface area contributed by atoms with Gasteiger partial charge in [-0.25, -0.2) is 4.79 Å². The molecule has 0 N–H and O–H groups in total. The minimum atomic E-state index is -0.220. The van der Waals surface area contributed by atoms with Crippen LogP contribution in [0.4, 0.5) is 0 Å². The van der Waals surface area contributed by atoms with Crippen LogP contribution >= 0.6 is 0 Å². The number of nitrogens with zero attached hydrogens (tertiary/aromatic N) is 1. The third-order valence-corrected chi connectivity index (χ3v) is 1.54. The summed E-state index contributed by atoms with van der Waals surface area (Å²) in [5, 5.41) is 8.22. The van der Waals surface area contributed by atoms with Crippen LogP contribution in [0.5, 0.6) is 0 Å². The first-order chi connectivity index (χ1) is 5.34. The summed E-state index contributed by atoms with van der Waals surface area (Å²) < 4.78 is 4.68. The van der Waals surface area contributed by atoms with Gasteiger partial charge in [-0.2, -0.15) is 5.26 Å². The Morgan fingerprint density at radius 3 is 3.09 bits per heavy atom. The van der Waals surface area contributed by atoms with Crippen LogP contribution in [0.2, 0.25) is 0 Å². The molecule has 1 aliphatic rings. The monoisotopic (exact) mass is 151 g/mol. The molecule has 0 atom stereocenters. The zero-order valence-electron chi connectivity index (χ0n) is 6.17. The van der Waals surface area contributed by atoms with Gasteiger partial charge in [-0.1, -0.05) is 0 Å². The smallest absolute Gasteiger partial charge is 0.334 e. The first-order valence-corrected chi connectivity index (χ1v) is 3.57. The van der Waals surface area contributed by atoms with E-state index >= 15 is 0 Å². The third-order valence-electron chi connectivity index (χ3n) is 1.54. The number of nitriles is 1. The lowest BCUT2D eigenvalue weighted by Gasteiger charge is -1.94. The highest BCUT2D eigenvalue weighted by Crippen LogP contribution is 2.13. The van der Waals surface area contributed by atoms with E-state index in [1.807, 2.05) is 6.07 Å². The summed E-state index contributed by atoms with van der Waals surface area (Å²) in [6.45, 7) is 0.403. The summed E-state index contributed by atoms with van der Waals surface area (Å²) in [6, 6.07) is 2.03. The van der Waals surface area contributed by atoms with E-state index in [4.69, 9.17) is 5.26 Å². The van der Waals surface area contributed by atoms with Gasteiger partial charge in [-0.05, 0) is 18.9 Å². The van der Waals surface area contributed by atoms with Crippen LogP contribution in [-0.4, -0.2) is 12.6 Å². The molecule has 0 unspecified atom stereocenters. The molecule has 11 heavy (non-hydrogen) atoms. The summed E-state index contributed by atoms with van der Waals surface area (Å²) in [7, 11) is 0. The highest BCUT2D eigenvalue weighted by Gasteiger charge is 2.15. The first kappa shape index (κ1) is 7.80. The second-order valence-corrected chi connectivity index (χ2v) is 2.34. The van der Waals surface area contributed by atoms with Crippen LogP contribution in [0, 0.1) is 11.3 Å². The number of rotatable bonds is 3. The minimum absolute atomic E-state index is 0.220. The molecule has 0 aromatic carbocycles.